The fourth-order valence-electron chi connectivity index (χ4n) is 2.16. The molecule has 3 rings (SSSR count). The highest BCUT2D eigenvalue weighted by Crippen LogP contribution is 2.33. The Bertz CT molecular complexity index is 714. The maximum absolute atomic E-state index is 13.0. The number of alkyl halides is 3. The molecule has 1 atom stereocenters. The van der Waals surface area contributed by atoms with Crippen LogP contribution >= 0.6 is 0 Å². The molecule has 0 spiro atoms. The van der Waals surface area contributed by atoms with Crippen molar-refractivity contribution in [2.75, 3.05) is 0 Å². The molecule has 0 bridgehead atoms. The molecule has 22 heavy (non-hydrogen) atoms. The standard InChI is InChI=1S/C15H12F3N3O/c1-9-4-5-10(7-12(9)15(16,17)18)14-20-13(21-22-14)11-3-2-6-19-8-11/h2-8,13,21H,1H3. The lowest BCUT2D eigenvalue weighted by Gasteiger charge is -2.11. The molecule has 4 nitrogen and oxygen atoms in total. The minimum Gasteiger partial charge on any atom is -0.386 e. The summed E-state index contributed by atoms with van der Waals surface area (Å²) < 4.78 is 38.9. The Morgan fingerprint density at radius 3 is 2.73 bits per heavy atom. The second-order valence-corrected chi connectivity index (χ2v) is 4.87. The lowest BCUT2D eigenvalue weighted by molar-refractivity contribution is -0.138. The van der Waals surface area contributed by atoms with Gasteiger partial charge in [-0.25, -0.2) is 4.99 Å². The number of rotatable bonds is 2. The average Bonchev–Trinajstić information content (AvgIpc) is 2.97. The zero-order valence-electron chi connectivity index (χ0n) is 11.6. The molecular formula is C15H12F3N3O. The fourth-order valence-corrected chi connectivity index (χ4v) is 2.16. The molecular weight excluding hydrogens is 295 g/mol. The number of hydrogen-bond donors (Lipinski definition) is 1. The van der Waals surface area contributed by atoms with Crippen molar-refractivity contribution in [3.8, 4) is 0 Å². The minimum atomic E-state index is -4.41. The number of benzene rings is 1. The Morgan fingerprint density at radius 2 is 2.05 bits per heavy atom. The number of aryl methyl sites for hydroxylation is 1. The van der Waals surface area contributed by atoms with Crippen molar-refractivity contribution in [1.29, 1.82) is 0 Å². The number of hydroxylamine groups is 1. The minimum absolute atomic E-state index is 0.124. The highest BCUT2D eigenvalue weighted by molar-refractivity contribution is 5.95. The van der Waals surface area contributed by atoms with Gasteiger partial charge in [0.25, 0.3) is 0 Å². The van der Waals surface area contributed by atoms with Crippen LogP contribution in [0, 0.1) is 6.92 Å². The maximum Gasteiger partial charge on any atom is 0.416 e. The smallest absolute Gasteiger partial charge is 0.386 e. The molecule has 0 saturated heterocycles. The van der Waals surface area contributed by atoms with Gasteiger partial charge in [-0.05, 0) is 30.7 Å². The van der Waals surface area contributed by atoms with Crippen molar-refractivity contribution in [3.63, 3.8) is 0 Å². The van der Waals surface area contributed by atoms with Crippen molar-refractivity contribution in [1.82, 2.24) is 10.5 Å². The van der Waals surface area contributed by atoms with E-state index in [4.69, 9.17) is 4.84 Å². The summed E-state index contributed by atoms with van der Waals surface area (Å²) in [5.74, 6) is 0.124. The predicted molar refractivity (Wildman–Crippen MR) is 73.9 cm³/mol. The van der Waals surface area contributed by atoms with Gasteiger partial charge in [-0.15, -0.1) is 5.48 Å². The van der Waals surface area contributed by atoms with Crippen LogP contribution in [0.1, 0.15) is 28.4 Å². The van der Waals surface area contributed by atoms with Crippen LogP contribution in [-0.4, -0.2) is 10.9 Å². The molecule has 1 aliphatic heterocycles. The summed E-state index contributed by atoms with van der Waals surface area (Å²) in [5.41, 5.74) is 3.17. The van der Waals surface area contributed by atoms with E-state index < -0.39 is 17.9 Å². The van der Waals surface area contributed by atoms with Crippen molar-refractivity contribution < 1.29 is 18.0 Å². The first-order valence-electron chi connectivity index (χ1n) is 6.53. The average molecular weight is 307 g/mol. The van der Waals surface area contributed by atoms with Crippen LogP contribution in [0.2, 0.25) is 0 Å². The number of aliphatic imine (C=N–C) groups is 1. The van der Waals surface area contributed by atoms with Gasteiger partial charge in [0.15, 0.2) is 6.17 Å². The molecule has 0 aliphatic carbocycles. The third kappa shape index (κ3) is 2.80. The van der Waals surface area contributed by atoms with Gasteiger partial charge in [-0.2, -0.15) is 13.2 Å². The third-order valence-electron chi connectivity index (χ3n) is 3.30. The first-order valence-corrected chi connectivity index (χ1v) is 6.53. The molecule has 1 N–H and O–H groups in total. The van der Waals surface area contributed by atoms with Gasteiger partial charge in [0.1, 0.15) is 0 Å². The predicted octanol–water partition coefficient (Wildman–Crippen LogP) is 3.39. The zero-order valence-corrected chi connectivity index (χ0v) is 11.6. The summed E-state index contributed by atoms with van der Waals surface area (Å²) in [6.07, 6.45) is -1.65. The van der Waals surface area contributed by atoms with Crippen molar-refractivity contribution in [2.24, 2.45) is 4.99 Å². The number of pyridine rings is 1. The Labute approximate surface area is 124 Å². The van der Waals surface area contributed by atoms with Gasteiger partial charge in [0.2, 0.25) is 5.90 Å². The number of halogens is 3. The molecule has 7 heteroatoms. The SMILES string of the molecule is Cc1ccc(C2=NC(c3cccnc3)NO2)cc1C(F)(F)F. The van der Waals surface area contributed by atoms with Crippen molar-refractivity contribution in [3.05, 3.63) is 65.0 Å². The normalized spacial score (nSPS) is 18.0. The second kappa shape index (κ2) is 5.42. The molecule has 0 fully saturated rings. The van der Waals surface area contributed by atoms with E-state index >= 15 is 0 Å². The quantitative estimate of drug-likeness (QED) is 0.925. The highest BCUT2D eigenvalue weighted by atomic mass is 19.4. The Balaban J connectivity index is 1.93. The van der Waals surface area contributed by atoms with Gasteiger partial charge >= 0.3 is 6.18 Å². The lowest BCUT2D eigenvalue weighted by atomic mass is 10.0. The lowest BCUT2D eigenvalue weighted by Crippen LogP contribution is -2.15. The largest absolute Gasteiger partial charge is 0.416 e. The van der Waals surface area contributed by atoms with E-state index in [1.165, 1.54) is 13.0 Å². The molecule has 0 radical (unpaired) electrons. The van der Waals surface area contributed by atoms with E-state index in [1.54, 1.807) is 30.6 Å². The van der Waals surface area contributed by atoms with Gasteiger partial charge in [0.05, 0.1) is 5.56 Å². The fraction of sp³-hybridized carbons (Fsp3) is 0.200. The molecule has 0 saturated carbocycles. The molecule has 1 unspecified atom stereocenters. The molecule has 1 aromatic heterocycles. The molecule has 1 aliphatic rings. The van der Waals surface area contributed by atoms with Crippen LogP contribution < -0.4 is 5.48 Å². The third-order valence-corrected chi connectivity index (χ3v) is 3.30. The number of nitrogens with zero attached hydrogens (tertiary/aromatic N) is 2. The highest BCUT2D eigenvalue weighted by Gasteiger charge is 2.33. The van der Waals surface area contributed by atoms with Crippen LogP contribution in [0.25, 0.3) is 0 Å². The summed E-state index contributed by atoms with van der Waals surface area (Å²) in [6, 6.07) is 7.55. The summed E-state index contributed by atoms with van der Waals surface area (Å²) in [5, 5.41) is 0. The van der Waals surface area contributed by atoms with Crippen LogP contribution in [0.4, 0.5) is 13.2 Å². The number of aromatic nitrogens is 1. The molecule has 0 amide bonds. The number of nitrogens with one attached hydrogen (secondary N) is 1. The van der Waals surface area contributed by atoms with E-state index in [0.29, 0.717) is 0 Å². The topological polar surface area (TPSA) is 46.5 Å². The molecule has 2 aromatic rings. The molecule has 1 aromatic carbocycles. The number of hydrogen-bond acceptors (Lipinski definition) is 4. The Kier molecular flexibility index (Phi) is 3.58. The van der Waals surface area contributed by atoms with E-state index in [1.807, 2.05) is 0 Å². The first kappa shape index (κ1) is 14.5. The van der Waals surface area contributed by atoms with Crippen molar-refractivity contribution in [2.45, 2.75) is 19.3 Å². The maximum atomic E-state index is 13.0. The zero-order chi connectivity index (χ0) is 15.7. The van der Waals surface area contributed by atoms with E-state index in [9.17, 15) is 13.2 Å². The van der Waals surface area contributed by atoms with Crippen LogP contribution in [-0.2, 0) is 11.0 Å². The van der Waals surface area contributed by atoms with Crippen LogP contribution in [0.3, 0.4) is 0 Å². The first-order chi connectivity index (χ1) is 10.4. The van der Waals surface area contributed by atoms with E-state index in [0.717, 1.165) is 11.6 Å². The molecule has 114 valence electrons. The summed E-state index contributed by atoms with van der Waals surface area (Å²) >= 11 is 0. The van der Waals surface area contributed by atoms with Gasteiger partial charge < -0.3 is 4.84 Å². The van der Waals surface area contributed by atoms with Crippen LogP contribution in [0.5, 0.6) is 0 Å². The summed E-state index contributed by atoms with van der Waals surface area (Å²) in [4.78, 5) is 13.4. The van der Waals surface area contributed by atoms with Gasteiger partial charge in [-0.1, -0.05) is 12.1 Å². The van der Waals surface area contributed by atoms with Gasteiger partial charge in [0, 0.05) is 23.5 Å². The van der Waals surface area contributed by atoms with Crippen molar-refractivity contribution >= 4 is 5.90 Å². The Hall–Kier alpha value is -2.41. The second-order valence-electron chi connectivity index (χ2n) is 4.87. The summed E-state index contributed by atoms with van der Waals surface area (Å²) in [7, 11) is 0. The van der Waals surface area contributed by atoms with Crippen LogP contribution in [0.15, 0.2) is 47.7 Å². The monoisotopic (exact) mass is 307 g/mol. The molecule has 2 heterocycles. The van der Waals surface area contributed by atoms with E-state index in [-0.39, 0.29) is 17.0 Å². The summed E-state index contributed by atoms with van der Waals surface area (Å²) in [6.45, 7) is 1.42. The van der Waals surface area contributed by atoms with E-state index in [2.05, 4.69) is 15.5 Å². The van der Waals surface area contributed by atoms with Gasteiger partial charge in [-0.3, -0.25) is 4.98 Å². The Morgan fingerprint density at radius 1 is 1.23 bits per heavy atom.